The van der Waals surface area contributed by atoms with Crippen LogP contribution in [0.2, 0.25) is 0 Å². The summed E-state index contributed by atoms with van der Waals surface area (Å²) in [5.41, 5.74) is 8.34. The molecule has 3 heterocycles. The maximum Gasteiger partial charge on any atom is 0.272 e. The molecule has 2 unspecified atom stereocenters. The summed E-state index contributed by atoms with van der Waals surface area (Å²) >= 11 is 0. The van der Waals surface area contributed by atoms with Gasteiger partial charge >= 0.3 is 0 Å². The minimum atomic E-state index is -0.442. The number of carbonyl (C=O) groups excluding carboxylic acids is 1. The van der Waals surface area contributed by atoms with E-state index in [1.54, 1.807) is 18.9 Å². The third-order valence-electron chi connectivity index (χ3n) is 6.31. The number of amides is 1. The number of benzene rings is 2. The molecule has 2 aromatic carbocycles. The Labute approximate surface area is 190 Å². The molecule has 0 saturated heterocycles. The Morgan fingerprint density at radius 1 is 1.24 bits per heavy atom. The van der Waals surface area contributed by atoms with Crippen molar-refractivity contribution in [2.45, 2.75) is 12.5 Å². The van der Waals surface area contributed by atoms with Crippen molar-refractivity contribution in [3.05, 3.63) is 47.3 Å². The molecule has 2 N–H and O–H groups in total. The molecule has 11 heteroatoms. The second-order valence-corrected chi connectivity index (χ2v) is 8.34. The summed E-state index contributed by atoms with van der Waals surface area (Å²) in [5.74, 6) is 2.61. The summed E-state index contributed by atoms with van der Waals surface area (Å²) in [6.07, 6.45) is 0.701. The Kier molecular flexibility index (Phi) is 5.05. The van der Waals surface area contributed by atoms with Crippen molar-refractivity contribution in [1.82, 2.24) is 20.2 Å². The van der Waals surface area contributed by atoms with Crippen molar-refractivity contribution in [1.29, 1.82) is 0 Å². The second-order valence-electron chi connectivity index (χ2n) is 8.34. The molecule has 11 nitrogen and oxygen atoms in total. The summed E-state index contributed by atoms with van der Waals surface area (Å²) < 4.78 is 24.4. The van der Waals surface area contributed by atoms with E-state index in [9.17, 15) is 4.79 Å². The molecule has 2 aliphatic rings. The minimum Gasteiger partial charge on any atom is -0.497 e. The van der Waals surface area contributed by atoms with Gasteiger partial charge in [0.1, 0.15) is 5.75 Å². The molecular weight excluding hydrogens is 428 g/mol. The summed E-state index contributed by atoms with van der Waals surface area (Å²) in [7, 11) is 5.18. The van der Waals surface area contributed by atoms with Crippen LogP contribution in [0.1, 0.15) is 23.0 Å². The molecule has 2 atom stereocenters. The standard InChI is InChI=1S/C22H24N6O5/c1-28(11-17(23)29)9-8-13-10-16-20(33-12-32-16)21(31-3)18(13)19(28)22-24-25-26-27(22)14-4-6-15(30-2)7-5-14/h4-7,10,19H,8-9,11-12H2,1-3H3,(H-,23,29)/p+1. The smallest absolute Gasteiger partial charge is 0.272 e. The summed E-state index contributed by atoms with van der Waals surface area (Å²) in [5, 5.41) is 12.6. The first-order chi connectivity index (χ1) is 15.9. The molecule has 0 saturated carbocycles. The van der Waals surface area contributed by atoms with Crippen LogP contribution >= 0.6 is 0 Å². The molecule has 33 heavy (non-hydrogen) atoms. The third-order valence-corrected chi connectivity index (χ3v) is 6.31. The van der Waals surface area contributed by atoms with Gasteiger partial charge in [-0.25, -0.2) is 0 Å². The van der Waals surface area contributed by atoms with Crippen LogP contribution in [0, 0.1) is 0 Å². The van der Waals surface area contributed by atoms with Crippen LogP contribution in [0.5, 0.6) is 23.0 Å². The van der Waals surface area contributed by atoms with Gasteiger partial charge in [0.05, 0.1) is 39.1 Å². The van der Waals surface area contributed by atoms with Crippen molar-refractivity contribution in [3.63, 3.8) is 0 Å². The fourth-order valence-electron chi connectivity index (χ4n) is 4.81. The Morgan fingerprint density at radius 3 is 2.73 bits per heavy atom. The number of methoxy groups -OCH3 is 2. The highest BCUT2D eigenvalue weighted by Crippen LogP contribution is 2.52. The Balaban J connectivity index is 1.73. The second kappa shape index (κ2) is 7.93. The molecule has 172 valence electrons. The summed E-state index contributed by atoms with van der Waals surface area (Å²) in [6.45, 7) is 0.881. The van der Waals surface area contributed by atoms with E-state index in [-0.39, 0.29) is 17.8 Å². The lowest BCUT2D eigenvalue weighted by Crippen LogP contribution is -2.56. The number of quaternary nitrogens is 1. The zero-order chi connectivity index (χ0) is 23.2. The number of nitrogens with zero attached hydrogens (tertiary/aromatic N) is 5. The number of aromatic nitrogens is 4. The van der Waals surface area contributed by atoms with Crippen LogP contribution in [-0.4, -0.2) is 71.7 Å². The number of ether oxygens (including phenoxy) is 4. The number of hydrogen-bond donors (Lipinski definition) is 1. The average Bonchev–Trinajstić information content (AvgIpc) is 3.46. The minimum absolute atomic E-state index is 0.108. The average molecular weight is 453 g/mol. The van der Waals surface area contributed by atoms with Gasteiger partial charge in [-0.1, -0.05) is 0 Å². The van der Waals surface area contributed by atoms with Gasteiger partial charge < -0.3 is 29.2 Å². The molecule has 2 aliphatic heterocycles. The Morgan fingerprint density at radius 2 is 2.03 bits per heavy atom. The van der Waals surface area contributed by atoms with Crippen molar-refractivity contribution in [2.24, 2.45) is 5.73 Å². The van der Waals surface area contributed by atoms with E-state index in [4.69, 9.17) is 24.7 Å². The van der Waals surface area contributed by atoms with Gasteiger partial charge in [-0.2, -0.15) is 4.68 Å². The first-order valence-corrected chi connectivity index (χ1v) is 10.5. The van der Waals surface area contributed by atoms with Crippen LogP contribution in [0.25, 0.3) is 5.69 Å². The van der Waals surface area contributed by atoms with Gasteiger partial charge in [0.15, 0.2) is 24.1 Å². The molecule has 1 aromatic heterocycles. The molecule has 0 radical (unpaired) electrons. The highest BCUT2D eigenvalue weighted by atomic mass is 16.7. The van der Waals surface area contributed by atoms with E-state index in [2.05, 4.69) is 15.5 Å². The van der Waals surface area contributed by atoms with E-state index < -0.39 is 11.9 Å². The predicted octanol–water partition coefficient (Wildman–Crippen LogP) is 0.986. The van der Waals surface area contributed by atoms with E-state index in [0.29, 0.717) is 36.0 Å². The molecule has 5 rings (SSSR count). The molecular formula is C22H25N6O5+. The normalized spacial score (nSPS) is 20.9. The third kappa shape index (κ3) is 3.41. The SMILES string of the molecule is COc1ccc(-n2nnnc2C2c3c(cc4c(c3OC)OCO4)CC[N+]2(C)CC(N)=O)cc1. The zero-order valence-electron chi connectivity index (χ0n) is 18.6. The van der Waals surface area contributed by atoms with Crippen LogP contribution in [0.3, 0.4) is 0 Å². The fraction of sp³-hybridized carbons (Fsp3) is 0.364. The topological polar surface area (TPSA) is 124 Å². The van der Waals surface area contributed by atoms with Crippen LogP contribution in [-0.2, 0) is 11.2 Å². The molecule has 0 fully saturated rings. The molecule has 0 spiro atoms. The fourth-order valence-corrected chi connectivity index (χ4v) is 4.81. The molecule has 0 aliphatic carbocycles. The van der Waals surface area contributed by atoms with Crippen molar-refractivity contribution in [2.75, 3.05) is 41.1 Å². The van der Waals surface area contributed by atoms with Crippen molar-refractivity contribution < 1.29 is 28.2 Å². The van der Waals surface area contributed by atoms with E-state index in [1.165, 1.54) is 0 Å². The Bertz CT molecular complexity index is 1210. The van der Waals surface area contributed by atoms with Gasteiger partial charge in [-0.05, 0) is 46.3 Å². The van der Waals surface area contributed by atoms with E-state index >= 15 is 0 Å². The number of hydrogen-bond acceptors (Lipinski definition) is 8. The predicted molar refractivity (Wildman–Crippen MR) is 115 cm³/mol. The number of primary amides is 1. The number of rotatable bonds is 6. The van der Waals surface area contributed by atoms with E-state index in [1.807, 2.05) is 37.4 Å². The first-order valence-electron chi connectivity index (χ1n) is 10.5. The van der Waals surface area contributed by atoms with Gasteiger partial charge in [-0.3, -0.25) is 4.79 Å². The number of fused-ring (bicyclic) bond motifs is 2. The first kappa shape index (κ1) is 21.0. The Hall–Kier alpha value is -3.86. The summed E-state index contributed by atoms with van der Waals surface area (Å²) in [6, 6.07) is 8.96. The van der Waals surface area contributed by atoms with Gasteiger partial charge in [-0.15, -0.1) is 5.10 Å². The highest BCUT2D eigenvalue weighted by molar-refractivity contribution is 5.75. The maximum absolute atomic E-state index is 12.1. The lowest BCUT2D eigenvalue weighted by atomic mass is 9.88. The summed E-state index contributed by atoms with van der Waals surface area (Å²) in [4.78, 5) is 12.1. The van der Waals surface area contributed by atoms with Crippen molar-refractivity contribution in [3.8, 4) is 28.7 Å². The van der Waals surface area contributed by atoms with Crippen LogP contribution < -0.4 is 24.7 Å². The number of carbonyl (C=O) groups is 1. The lowest BCUT2D eigenvalue weighted by molar-refractivity contribution is -0.929. The lowest BCUT2D eigenvalue weighted by Gasteiger charge is -2.44. The largest absolute Gasteiger partial charge is 0.497 e. The maximum atomic E-state index is 12.1. The van der Waals surface area contributed by atoms with E-state index in [0.717, 1.165) is 22.6 Å². The van der Waals surface area contributed by atoms with Crippen LogP contribution in [0.4, 0.5) is 0 Å². The molecule has 1 amide bonds. The number of nitrogens with two attached hydrogens (primary N) is 1. The molecule has 3 aromatic rings. The van der Waals surface area contributed by atoms with Gasteiger partial charge in [0.25, 0.3) is 5.91 Å². The highest BCUT2D eigenvalue weighted by Gasteiger charge is 2.48. The number of likely N-dealkylation sites (N-methyl/N-ethyl adjacent to an activating group) is 1. The van der Waals surface area contributed by atoms with Gasteiger partial charge in [0.2, 0.25) is 18.4 Å². The zero-order valence-corrected chi connectivity index (χ0v) is 18.6. The quantitative estimate of drug-likeness (QED) is 0.548. The monoisotopic (exact) mass is 453 g/mol. The van der Waals surface area contributed by atoms with Crippen LogP contribution in [0.15, 0.2) is 30.3 Å². The molecule has 0 bridgehead atoms. The van der Waals surface area contributed by atoms with Gasteiger partial charge in [0, 0.05) is 6.42 Å². The van der Waals surface area contributed by atoms with Crippen molar-refractivity contribution >= 4 is 5.91 Å². The number of tetrazole rings is 1.